The Balaban J connectivity index is 0.000000191. The molecule has 2 aromatic rings. The lowest BCUT2D eigenvalue weighted by atomic mass is 9.70. The van der Waals surface area contributed by atoms with Crippen molar-refractivity contribution in [3.63, 3.8) is 0 Å². The number of ether oxygens (including phenoxy) is 1. The van der Waals surface area contributed by atoms with Gasteiger partial charge in [0.05, 0.1) is 35.7 Å². The molecule has 1 aromatic carbocycles. The van der Waals surface area contributed by atoms with E-state index in [9.17, 15) is 24.0 Å². The van der Waals surface area contributed by atoms with Crippen LogP contribution in [0.15, 0.2) is 36.0 Å². The minimum absolute atomic E-state index is 0.0179. The van der Waals surface area contributed by atoms with Crippen LogP contribution in [0.2, 0.25) is 0 Å². The van der Waals surface area contributed by atoms with Crippen molar-refractivity contribution in [2.24, 2.45) is 28.4 Å². The zero-order valence-corrected chi connectivity index (χ0v) is 33.8. The second-order valence-electron chi connectivity index (χ2n) is 17.1. The van der Waals surface area contributed by atoms with Crippen LogP contribution in [0.1, 0.15) is 129 Å². The van der Waals surface area contributed by atoms with E-state index < -0.39 is 5.97 Å². The van der Waals surface area contributed by atoms with Crippen LogP contribution >= 0.6 is 11.3 Å². The predicted octanol–water partition coefficient (Wildman–Crippen LogP) is 6.21. The summed E-state index contributed by atoms with van der Waals surface area (Å²) in [5.74, 6) is -0.440. The van der Waals surface area contributed by atoms with Crippen molar-refractivity contribution in [2.45, 2.75) is 110 Å². The van der Waals surface area contributed by atoms with E-state index in [0.717, 1.165) is 44.4 Å². The van der Waals surface area contributed by atoms with Gasteiger partial charge < -0.3 is 30.3 Å². The quantitative estimate of drug-likeness (QED) is 0.269. The summed E-state index contributed by atoms with van der Waals surface area (Å²) in [6.45, 7) is 11.0. The smallest absolute Gasteiger partial charge is 0.335 e. The van der Waals surface area contributed by atoms with Gasteiger partial charge in [-0.2, -0.15) is 0 Å². The number of benzene rings is 1. The topological polar surface area (TPSA) is 163 Å². The molecule has 2 aliphatic carbocycles. The van der Waals surface area contributed by atoms with E-state index in [0.29, 0.717) is 67.7 Å². The number of carboxylic acid groups (broad SMARTS) is 1. The second kappa shape index (κ2) is 19.3. The maximum atomic E-state index is 12.6. The average Bonchev–Trinajstić information content (AvgIpc) is 3.52. The number of carboxylic acids is 1. The Kier molecular flexibility index (Phi) is 14.9. The van der Waals surface area contributed by atoms with E-state index in [-0.39, 0.29) is 35.2 Å². The summed E-state index contributed by atoms with van der Waals surface area (Å²) in [4.78, 5) is 68.7. The number of thiazole rings is 1. The fourth-order valence-electron chi connectivity index (χ4n) is 8.27. The Morgan fingerprint density at radius 1 is 0.964 bits per heavy atom. The average molecular weight is 780 g/mol. The number of rotatable bonds is 10. The van der Waals surface area contributed by atoms with Crippen molar-refractivity contribution in [1.82, 2.24) is 19.7 Å². The minimum atomic E-state index is -0.896. The Hall–Kier alpha value is -3.84. The van der Waals surface area contributed by atoms with Gasteiger partial charge >= 0.3 is 5.97 Å². The van der Waals surface area contributed by atoms with Crippen LogP contribution < -0.4 is 5.73 Å². The number of hydrogen-bond donors (Lipinski definition) is 2. The first-order valence-electron chi connectivity index (χ1n) is 20.2. The summed E-state index contributed by atoms with van der Waals surface area (Å²) >= 11 is 1.29. The minimum Gasteiger partial charge on any atom is -0.478 e. The van der Waals surface area contributed by atoms with Gasteiger partial charge in [0, 0.05) is 51.3 Å². The lowest BCUT2D eigenvalue weighted by Crippen LogP contribution is -2.47. The number of primary amides is 1. The molecule has 12 nitrogen and oxygen atoms in total. The number of carbonyl (C=O) groups excluding carboxylic acids is 4. The monoisotopic (exact) mass is 779 g/mol. The lowest BCUT2D eigenvalue weighted by molar-refractivity contribution is -0.135. The summed E-state index contributed by atoms with van der Waals surface area (Å²) < 4.78 is 5.97. The largest absolute Gasteiger partial charge is 0.478 e. The molecule has 1 spiro atoms. The molecule has 7 rings (SSSR count). The number of aromatic carboxylic acids is 1. The maximum absolute atomic E-state index is 12.6. The van der Waals surface area contributed by atoms with Crippen LogP contribution in [-0.2, 0) is 19.1 Å². The molecule has 4 amide bonds. The predicted molar refractivity (Wildman–Crippen MR) is 212 cm³/mol. The van der Waals surface area contributed by atoms with Crippen molar-refractivity contribution in [3.05, 3.63) is 52.0 Å². The molecular formula is C42H61N5O7S. The summed E-state index contributed by atoms with van der Waals surface area (Å²) in [7, 11) is 0. The summed E-state index contributed by atoms with van der Waals surface area (Å²) in [6.07, 6.45) is 15.5. The van der Waals surface area contributed by atoms with E-state index >= 15 is 0 Å². The Morgan fingerprint density at radius 3 is 2.13 bits per heavy atom. The zero-order valence-electron chi connectivity index (χ0n) is 33.0. The number of piperidine rings is 2. The van der Waals surface area contributed by atoms with Crippen molar-refractivity contribution in [2.75, 3.05) is 45.9 Å². The maximum Gasteiger partial charge on any atom is 0.335 e. The Bertz CT molecular complexity index is 1570. The van der Waals surface area contributed by atoms with E-state index in [1.165, 1.54) is 61.8 Å². The molecule has 13 heteroatoms. The van der Waals surface area contributed by atoms with Gasteiger partial charge in [0.15, 0.2) is 0 Å². The molecule has 55 heavy (non-hydrogen) atoms. The molecule has 4 heterocycles. The van der Waals surface area contributed by atoms with Crippen LogP contribution in [0.25, 0.3) is 0 Å². The van der Waals surface area contributed by atoms with Crippen molar-refractivity contribution in [3.8, 4) is 0 Å². The first-order chi connectivity index (χ1) is 26.3. The first-order valence-corrected chi connectivity index (χ1v) is 21.1. The van der Waals surface area contributed by atoms with E-state index in [4.69, 9.17) is 15.6 Å². The number of aromatic nitrogens is 1. The third kappa shape index (κ3) is 12.1. The number of amides is 4. The molecule has 5 aliphatic rings. The molecule has 302 valence electrons. The molecule has 3 N–H and O–H groups in total. The molecule has 0 bridgehead atoms. The molecular weight excluding hydrogens is 719 g/mol. The lowest BCUT2D eigenvalue weighted by Gasteiger charge is -2.40. The molecule has 2 saturated carbocycles. The Morgan fingerprint density at radius 2 is 1.60 bits per heavy atom. The molecule has 3 saturated heterocycles. The molecule has 3 aliphatic heterocycles. The molecule has 1 aromatic heterocycles. The van der Waals surface area contributed by atoms with E-state index in [1.54, 1.807) is 33.6 Å². The van der Waals surface area contributed by atoms with Gasteiger partial charge in [0.25, 0.3) is 5.91 Å². The van der Waals surface area contributed by atoms with Crippen LogP contribution in [0.5, 0.6) is 0 Å². The SMILES string of the molecule is CC(CC(=O)N1CCC(c2ccc(C(=O)O)cc2)CC1)OCC1CCCCC1.CC1(C)CC1.NC(=O)C1CN(C(=O)c2cncs2)CC12CCN(C=O)CC2. The highest BCUT2D eigenvalue weighted by molar-refractivity contribution is 7.11. The number of likely N-dealkylation sites (tertiary alicyclic amines) is 3. The van der Waals surface area contributed by atoms with Crippen molar-refractivity contribution in [1.29, 1.82) is 0 Å². The molecule has 2 unspecified atom stereocenters. The molecule has 2 atom stereocenters. The third-order valence-electron chi connectivity index (χ3n) is 12.4. The zero-order chi connectivity index (χ0) is 39.6. The van der Waals surface area contributed by atoms with Gasteiger partial charge in [-0.1, -0.05) is 45.2 Å². The number of hydrogen-bond acceptors (Lipinski definition) is 8. The summed E-state index contributed by atoms with van der Waals surface area (Å²) in [5.41, 5.74) is 9.14. The highest BCUT2D eigenvalue weighted by Crippen LogP contribution is 2.45. The Labute approximate surface area is 330 Å². The van der Waals surface area contributed by atoms with Crippen LogP contribution in [0.4, 0.5) is 0 Å². The standard InChI is InChI=1S/C23H33NO4.C14H18N4O3S.C5H10/c1-17(28-16-18-5-3-2-4-6-18)15-22(25)24-13-11-20(12-14-24)19-7-9-21(10-8-19)23(26)27;15-12(20)10-6-18(13(21)11-5-16-8-22-11)7-14(10)1-3-17(9-19)4-2-14;1-5(2)3-4-5/h7-10,17-18,20H,2-6,11-16H2,1H3,(H,26,27);5,8-10H,1-4,6-7H2,(H2,15,20);3-4H2,1-2H3. The van der Waals surface area contributed by atoms with Gasteiger partial charge in [0.2, 0.25) is 18.2 Å². The van der Waals surface area contributed by atoms with Crippen molar-refractivity contribution < 1.29 is 33.8 Å². The van der Waals surface area contributed by atoms with Gasteiger partial charge in [-0.15, -0.1) is 11.3 Å². The van der Waals surface area contributed by atoms with E-state index in [1.807, 2.05) is 24.0 Å². The third-order valence-corrected chi connectivity index (χ3v) is 13.2. The van der Waals surface area contributed by atoms with Crippen LogP contribution in [0, 0.1) is 22.7 Å². The fraction of sp³-hybridized carbons (Fsp3) is 0.667. The fourth-order valence-corrected chi connectivity index (χ4v) is 8.86. The van der Waals surface area contributed by atoms with Crippen LogP contribution in [0.3, 0.4) is 0 Å². The van der Waals surface area contributed by atoms with Gasteiger partial charge in [-0.25, -0.2) is 4.79 Å². The number of nitrogens with two attached hydrogens (primary N) is 1. The van der Waals surface area contributed by atoms with Crippen LogP contribution in [-0.4, -0.2) is 107 Å². The normalized spacial score (nSPS) is 22.5. The highest BCUT2D eigenvalue weighted by Gasteiger charge is 2.51. The van der Waals surface area contributed by atoms with Gasteiger partial charge in [0.1, 0.15) is 4.88 Å². The van der Waals surface area contributed by atoms with Crippen molar-refractivity contribution >= 4 is 41.4 Å². The van der Waals surface area contributed by atoms with E-state index in [2.05, 4.69) is 18.8 Å². The number of carbonyl (C=O) groups is 5. The first kappa shape index (κ1) is 42.3. The van der Waals surface area contributed by atoms with Gasteiger partial charge in [-0.3, -0.25) is 24.2 Å². The number of nitrogens with zero attached hydrogens (tertiary/aromatic N) is 4. The van der Waals surface area contributed by atoms with Gasteiger partial charge in [-0.05, 0) is 93.2 Å². The second-order valence-corrected chi connectivity index (χ2v) is 18.0. The summed E-state index contributed by atoms with van der Waals surface area (Å²) in [5, 5.41) is 9.01. The highest BCUT2D eigenvalue weighted by atomic mass is 32.1. The molecule has 5 fully saturated rings. The molecule has 0 radical (unpaired) electrons. The summed E-state index contributed by atoms with van der Waals surface area (Å²) in [6, 6.07) is 7.15.